The van der Waals surface area contributed by atoms with Crippen molar-refractivity contribution in [1.82, 2.24) is 9.97 Å². The molecule has 2 aromatic rings. The molecule has 0 unspecified atom stereocenters. The minimum atomic E-state index is 0.572. The van der Waals surface area contributed by atoms with Crippen molar-refractivity contribution < 1.29 is 4.74 Å². The summed E-state index contributed by atoms with van der Waals surface area (Å²) in [6.45, 7) is 4.61. The third-order valence-electron chi connectivity index (χ3n) is 4.90. The van der Waals surface area contributed by atoms with E-state index in [1.807, 2.05) is 38.4 Å². The van der Waals surface area contributed by atoms with Crippen LogP contribution < -0.4 is 20.3 Å². The lowest BCUT2D eigenvalue weighted by molar-refractivity contribution is 0.414. The molecule has 140 valence electrons. The van der Waals surface area contributed by atoms with Gasteiger partial charge < -0.3 is 20.3 Å². The van der Waals surface area contributed by atoms with Crippen LogP contribution in [0.3, 0.4) is 0 Å². The standard InChI is InChI=1S/C20H24N6O/c1-13-8-19(21-2)25-20(23-13)24-16-4-5-18(27-3)17(9-16)26-7-6-14-10-22-11-15(14)12-26/h4-5,8-10H,6-7,11-12H2,1-3H3,(H2,21,23,24,25). The summed E-state index contributed by atoms with van der Waals surface area (Å²) in [5.41, 5.74) is 5.71. The van der Waals surface area contributed by atoms with E-state index in [0.717, 1.165) is 54.7 Å². The number of hydrogen-bond acceptors (Lipinski definition) is 7. The van der Waals surface area contributed by atoms with Gasteiger partial charge >= 0.3 is 0 Å². The van der Waals surface area contributed by atoms with E-state index in [4.69, 9.17) is 4.74 Å². The monoisotopic (exact) mass is 364 g/mol. The number of nitrogens with zero attached hydrogens (tertiary/aromatic N) is 4. The normalized spacial score (nSPS) is 15.7. The summed E-state index contributed by atoms with van der Waals surface area (Å²) in [5.74, 6) is 2.23. The zero-order valence-electron chi connectivity index (χ0n) is 15.9. The lowest BCUT2D eigenvalue weighted by Crippen LogP contribution is -2.32. The fraction of sp³-hybridized carbons (Fsp3) is 0.350. The van der Waals surface area contributed by atoms with Crippen LogP contribution in [0.25, 0.3) is 0 Å². The highest BCUT2D eigenvalue weighted by Crippen LogP contribution is 2.35. The van der Waals surface area contributed by atoms with Crippen molar-refractivity contribution in [3.8, 4) is 5.75 Å². The van der Waals surface area contributed by atoms with Gasteiger partial charge in [0.25, 0.3) is 0 Å². The maximum Gasteiger partial charge on any atom is 0.229 e. The summed E-state index contributed by atoms with van der Waals surface area (Å²) >= 11 is 0. The van der Waals surface area contributed by atoms with Crippen LogP contribution >= 0.6 is 0 Å². The molecule has 2 N–H and O–H groups in total. The zero-order valence-corrected chi connectivity index (χ0v) is 15.9. The van der Waals surface area contributed by atoms with Crippen LogP contribution in [0, 0.1) is 6.92 Å². The van der Waals surface area contributed by atoms with E-state index in [0.29, 0.717) is 5.95 Å². The number of anilines is 4. The van der Waals surface area contributed by atoms with Crippen LogP contribution in [0.4, 0.5) is 23.1 Å². The van der Waals surface area contributed by atoms with Crippen molar-refractivity contribution in [2.45, 2.75) is 13.3 Å². The Morgan fingerprint density at radius 2 is 2.07 bits per heavy atom. The van der Waals surface area contributed by atoms with Crippen LogP contribution in [0.2, 0.25) is 0 Å². The smallest absolute Gasteiger partial charge is 0.229 e. The summed E-state index contributed by atoms with van der Waals surface area (Å²) in [4.78, 5) is 15.7. The second kappa shape index (κ2) is 7.26. The van der Waals surface area contributed by atoms with E-state index >= 15 is 0 Å². The molecular formula is C20H24N6O. The van der Waals surface area contributed by atoms with E-state index in [1.165, 1.54) is 11.1 Å². The van der Waals surface area contributed by atoms with Gasteiger partial charge in [0.2, 0.25) is 5.95 Å². The number of hydrogen-bond donors (Lipinski definition) is 2. The summed E-state index contributed by atoms with van der Waals surface area (Å²) in [6.07, 6.45) is 3.04. The quantitative estimate of drug-likeness (QED) is 0.849. The highest BCUT2D eigenvalue weighted by molar-refractivity contribution is 5.84. The summed E-state index contributed by atoms with van der Waals surface area (Å²) < 4.78 is 5.61. The fourth-order valence-electron chi connectivity index (χ4n) is 3.52. The first kappa shape index (κ1) is 17.3. The van der Waals surface area contributed by atoms with Crippen LogP contribution in [0.5, 0.6) is 5.75 Å². The molecule has 0 saturated carbocycles. The number of nitrogens with one attached hydrogen (secondary N) is 2. The van der Waals surface area contributed by atoms with E-state index < -0.39 is 0 Å². The van der Waals surface area contributed by atoms with Gasteiger partial charge in [-0.15, -0.1) is 0 Å². The Hall–Kier alpha value is -3.09. The first-order valence-electron chi connectivity index (χ1n) is 9.10. The maximum atomic E-state index is 5.61. The number of methoxy groups -OCH3 is 1. The van der Waals surface area contributed by atoms with Gasteiger partial charge in [-0.3, -0.25) is 4.99 Å². The molecule has 0 fully saturated rings. The minimum Gasteiger partial charge on any atom is -0.495 e. The van der Waals surface area contributed by atoms with Gasteiger partial charge in [0.05, 0.1) is 19.3 Å². The van der Waals surface area contributed by atoms with Gasteiger partial charge in [-0.05, 0) is 42.7 Å². The van der Waals surface area contributed by atoms with Crippen molar-refractivity contribution in [2.24, 2.45) is 4.99 Å². The molecule has 7 nitrogen and oxygen atoms in total. The molecule has 7 heteroatoms. The molecule has 0 bridgehead atoms. The van der Waals surface area contributed by atoms with Gasteiger partial charge in [-0.25, -0.2) is 4.98 Å². The molecule has 2 aliphatic heterocycles. The molecule has 1 aromatic carbocycles. The van der Waals surface area contributed by atoms with Crippen LogP contribution in [-0.2, 0) is 0 Å². The van der Waals surface area contributed by atoms with E-state index in [9.17, 15) is 0 Å². The number of aliphatic imine (C=N–C) groups is 1. The van der Waals surface area contributed by atoms with E-state index in [2.05, 4.69) is 36.6 Å². The Morgan fingerprint density at radius 3 is 2.89 bits per heavy atom. The maximum absolute atomic E-state index is 5.61. The molecule has 27 heavy (non-hydrogen) atoms. The molecule has 0 saturated heterocycles. The molecule has 0 spiro atoms. The molecule has 0 amide bonds. The molecule has 0 radical (unpaired) electrons. The highest BCUT2D eigenvalue weighted by Gasteiger charge is 2.23. The number of ether oxygens (including phenoxy) is 1. The van der Waals surface area contributed by atoms with Crippen LogP contribution in [0.15, 0.2) is 40.4 Å². The van der Waals surface area contributed by atoms with Crippen molar-refractivity contribution in [2.75, 3.05) is 49.3 Å². The van der Waals surface area contributed by atoms with E-state index in [1.54, 1.807) is 7.11 Å². The molecular weight excluding hydrogens is 340 g/mol. The van der Waals surface area contributed by atoms with Crippen LogP contribution in [0.1, 0.15) is 12.1 Å². The second-order valence-corrected chi connectivity index (χ2v) is 6.75. The predicted octanol–water partition coefficient (Wildman–Crippen LogP) is 3.17. The number of aryl methyl sites for hydroxylation is 1. The molecule has 0 aliphatic carbocycles. The fourth-order valence-corrected chi connectivity index (χ4v) is 3.52. The molecule has 1 aromatic heterocycles. The minimum absolute atomic E-state index is 0.572. The highest BCUT2D eigenvalue weighted by atomic mass is 16.5. The Labute approximate surface area is 159 Å². The molecule has 3 heterocycles. The third kappa shape index (κ3) is 3.58. The molecule has 2 aliphatic rings. The SMILES string of the molecule is CNc1cc(C)nc(Nc2ccc(OC)c(N3CCC4=C(CN=C4)C3)c2)n1. The number of benzene rings is 1. The Morgan fingerprint density at radius 1 is 1.19 bits per heavy atom. The molecule has 4 rings (SSSR count). The van der Waals surface area contributed by atoms with Crippen molar-refractivity contribution in [3.05, 3.63) is 41.1 Å². The van der Waals surface area contributed by atoms with Gasteiger partial charge in [0.1, 0.15) is 11.6 Å². The lowest BCUT2D eigenvalue weighted by Gasteiger charge is -2.31. The average Bonchev–Trinajstić information content (AvgIpc) is 3.15. The van der Waals surface area contributed by atoms with Gasteiger partial charge in [0.15, 0.2) is 0 Å². The molecule has 0 atom stereocenters. The van der Waals surface area contributed by atoms with E-state index in [-0.39, 0.29) is 0 Å². The van der Waals surface area contributed by atoms with Gasteiger partial charge in [-0.1, -0.05) is 0 Å². The zero-order chi connectivity index (χ0) is 18.8. The summed E-state index contributed by atoms with van der Waals surface area (Å²) in [5, 5.41) is 6.38. The Kier molecular flexibility index (Phi) is 4.66. The first-order chi connectivity index (χ1) is 13.2. The second-order valence-electron chi connectivity index (χ2n) is 6.75. The van der Waals surface area contributed by atoms with Crippen molar-refractivity contribution >= 4 is 29.4 Å². The summed E-state index contributed by atoms with van der Waals surface area (Å²) in [6, 6.07) is 7.99. The topological polar surface area (TPSA) is 74.7 Å². The van der Waals surface area contributed by atoms with Gasteiger partial charge in [0, 0.05) is 43.8 Å². The third-order valence-corrected chi connectivity index (χ3v) is 4.90. The Bertz CT molecular complexity index is 921. The van der Waals surface area contributed by atoms with Crippen LogP contribution in [-0.4, -0.2) is 50.0 Å². The number of aromatic nitrogens is 2. The van der Waals surface area contributed by atoms with Crippen molar-refractivity contribution in [1.29, 1.82) is 0 Å². The average molecular weight is 364 g/mol. The van der Waals surface area contributed by atoms with Crippen molar-refractivity contribution in [3.63, 3.8) is 0 Å². The lowest BCUT2D eigenvalue weighted by atomic mass is 10.0. The van der Waals surface area contributed by atoms with Gasteiger partial charge in [-0.2, -0.15) is 4.98 Å². The predicted molar refractivity (Wildman–Crippen MR) is 110 cm³/mol. The summed E-state index contributed by atoms with van der Waals surface area (Å²) in [7, 11) is 3.56. The first-order valence-corrected chi connectivity index (χ1v) is 9.10. The Balaban J connectivity index is 1.61. The number of rotatable bonds is 5. The largest absolute Gasteiger partial charge is 0.495 e.